The Balaban J connectivity index is 1.68. The minimum Gasteiger partial charge on any atom is -0.497 e. The Kier molecular flexibility index (Phi) is 5.07. The quantitative estimate of drug-likeness (QED) is 0.568. The van der Waals surface area contributed by atoms with Crippen molar-refractivity contribution in [2.75, 3.05) is 12.4 Å². The number of ether oxygens (including phenoxy) is 1. The topological polar surface area (TPSA) is 73.2 Å². The summed E-state index contributed by atoms with van der Waals surface area (Å²) in [6.45, 7) is -0.132. The normalized spacial score (nSPS) is 10.7. The van der Waals surface area contributed by atoms with Crippen molar-refractivity contribution in [2.45, 2.75) is 6.54 Å². The van der Waals surface area contributed by atoms with Gasteiger partial charge in [0.25, 0.3) is 0 Å². The number of nitrogens with one attached hydrogen (secondary N) is 1. The first kappa shape index (κ1) is 18.4. The van der Waals surface area contributed by atoms with Crippen molar-refractivity contribution in [3.05, 3.63) is 89.3 Å². The Hall–Kier alpha value is -3.93. The predicted octanol–water partition coefficient (Wildman–Crippen LogP) is 3.71. The van der Waals surface area contributed by atoms with E-state index in [1.54, 1.807) is 31.4 Å². The largest absolute Gasteiger partial charge is 0.497 e. The Labute approximate surface area is 167 Å². The van der Waals surface area contributed by atoms with E-state index >= 15 is 0 Å². The van der Waals surface area contributed by atoms with Crippen molar-refractivity contribution in [2.24, 2.45) is 0 Å². The molecule has 4 aromatic rings. The van der Waals surface area contributed by atoms with Gasteiger partial charge in [0.2, 0.25) is 5.91 Å². The van der Waals surface area contributed by atoms with Crippen LogP contribution in [0.3, 0.4) is 0 Å². The molecule has 1 aromatic heterocycles. The number of hydrogen-bond acceptors (Lipinski definition) is 4. The van der Waals surface area contributed by atoms with Crippen LogP contribution in [-0.2, 0) is 11.3 Å². The van der Waals surface area contributed by atoms with Gasteiger partial charge in [-0.15, -0.1) is 0 Å². The highest BCUT2D eigenvalue weighted by Crippen LogP contribution is 2.25. The monoisotopic (exact) mass is 385 g/mol. The molecule has 6 nitrogen and oxygen atoms in total. The highest BCUT2D eigenvalue weighted by molar-refractivity contribution is 5.95. The van der Waals surface area contributed by atoms with E-state index in [0.29, 0.717) is 22.6 Å². The van der Waals surface area contributed by atoms with Gasteiger partial charge >= 0.3 is 5.69 Å². The molecule has 4 rings (SSSR count). The van der Waals surface area contributed by atoms with Crippen molar-refractivity contribution in [1.29, 1.82) is 0 Å². The molecule has 29 heavy (non-hydrogen) atoms. The summed E-state index contributed by atoms with van der Waals surface area (Å²) < 4.78 is 6.50. The number of rotatable bonds is 5. The average Bonchev–Trinajstić information content (AvgIpc) is 2.76. The van der Waals surface area contributed by atoms with Gasteiger partial charge in [0.1, 0.15) is 12.3 Å². The zero-order valence-corrected chi connectivity index (χ0v) is 15.8. The van der Waals surface area contributed by atoms with E-state index in [-0.39, 0.29) is 12.5 Å². The fourth-order valence-electron chi connectivity index (χ4n) is 3.22. The number of anilines is 1. The van der Waals surface area contributed by atoms with Crippen LogP contribution < -0.4 is 15.7 Å². The number of methoxy groups -OCH3 is 1. The molecule has 0 saturated heterocycles. The number of amides is 1. The molecule has 0 aliphatic heterocycles. The molecular weight excluding hydrogens is 366 g/mol. The molecule has 3 aromatic carbocycles. The van der Waals surface area contributed by atoms with Gasteiger partial charge in [0.15, 0.2) is 0 Å². The molecule has 1 N–H and O–H groups in total. The number of hydrogen-bond donors (Lipinski definition) is 1. The van der Waals surface area contributed by atoms with Crippen LogP contribution in [0.2, 0.25) is 0 Å². The highest BCUT2D eigenvalue weighted by atomic mass is 16.5. The lowest BCUT2D eigenvalue weighted by atomic mass is 10.1. The lowest BCUT2D eigenvalue weighted by molar-refractivity contribution is -0.116. The summed E-state index contributed by atoms with van der Waals surface area (Å²) in [7, 11) is 1.58. The predicted molar refractivity (Wildman–Crippen MR) is 113 cm³/mol. The smallest absolute Gasteiger partial charge is 0.349 e. The molecule has 0 spiro atoms. The summed E-state index contributed by atoms with van der Waals surface area (Å²) in [5.74, 6) is 0.391. The van der Waals surface area contributed by atoms with Crippen LogP contribution in [0.1, 0.15) is 0 Å². The second-order valence-electron chi connectivity index (χ2n) is 6.49. The Morgan fingerprint density at radius 1 is 0.966 bits per heavy atom. The van der Waals surface area contributed by atoms with Crippen molar-refractivity contribution in [1.82, 2.24) is 9.55 Å². The van der Waals surface area contributed by atoms with Gasteiger partial charge in [-0.2, -0.15) is 4.98 Å². The van der Waals surface area contributed by atoms with Gasteiger partial charge in [0.05, 0.1) is 18.3 Å². The number of aromatic nitrogens is 2. The first-order valence-electron chi connectivity index (χ1n) is 9.14. The minimum absolute atomic E-state index is 0.132. The fourth-order valence-corrected chi connectivity index (χ4v) is 3.22. The number of carbonyl (C=O) groups is 1. The zero-order chi connectivity index (χ0) is 20.2. The van der Waals surface area contributed by atoms with E-state index in [1.807, 2.05) is 54.6 Å². The lowest BCUT2D eigenvalue weighted by Gasteiger charge is -2.13. The van der Waals surface area contributed by atoms with Gasteiger partial charge in [-0.25, -0.2) is 4.79 Å². The molecular formula is C23H19N3O3. The van der Waals surface area contributed by atoms with Crippen LogP contribution in [0.15, 0.2) is 83.7 Å². The van der Waals surface area contributed by atoms with E-state index in [9.17, 15) is 9.59 Å². The van der Waals surface area contributed by atoms with E-state index in [0.717, 1.165) is 10.9 Å². The minimum atomic E-state index is -0.465. The Bertz CT molecular complexity index is 1220. The van der Waals surface area contributed by atoms with Gasteiger partial charge in [-0.05, 0) is 30.3 Å². The molecule has 6 heteroatoms. The summed E-state index contributed by atoms with van der Waals surface area (Å²) in [5.41, 5.74) is 2.29. The molecule has 0 radical (unpaired) electrons. The molecule has 0 atom stereocenters. The zero-order valence-electron chi connectivity index (χ0n) is 15.8. The molecule has 0 aliphatic carbocycles. The van der Waals surface area contributed by atoms with E-state index < -0.39 is 5.69 Å². The SMILES string of the molecule is COc1ccc(NC(=O)Cn2c(=O)nc(-c3ccccc3)c3ccccc32)cc1. The molecule has 1 amide bonds. The third kappa shape index (κ3) is 3.87. The molecule has 0 fully saturated rings. The number of para-hydroxylation sites is 1. The van der Waals surface area contributed by atoms with Crippen LogP contribution in [0.25, 0.3) is 22.2 Å². The van der Waals surface area contributed by atoms with Crippen molar-refractivity contribution < 1.29 is 9.53 Å². The van der Waals surface area contributed by atoms with E-state index in [1.165, 1.54) is 4.57 Å². The fraction of sp³-hybridized carbons (Fsp3) is 0.0870. The molecule has 0 aliphatic rings. The third-order valence-corrected chi connectivity index (χ3v) is 4.61. The van der Waals surface area contributed by atoms with Crippen molar-refractivity contribution in [3.8, 4) is 17.0 Å². The molecule has 0 bridgehead atoms. The first-order valence-corrected chi connectivity index (χ1v) is 9.14. The first-order chi connectivity index (χ1) is 14.2. The molecule has 0 unspecified atom stereocenters. The molecule has 1 heterocycles. The van der Waals surface area contributed by atoms with E-state index in [4.69, 9.17) is 4.74 Å². The standard InChI is InChI=1S/C23H19N3O3/c1-29-18-13-11-17(12-14-18)24-21(27)15-26-20-10-6-5-9-19(20)22(25-23(26)28)16-7-3-2-4-8-16/h2-14H,15H2,1H3,(H,24,27). The lowest BCUT2D eigenvalue weighted by Crippen LogP contribution is -2.30. The van der Waals surface area contributed by atoms with Crippen LogP contribution in [-0.4, -0.2) is 22.6 Å². The number of benzene rings is 3. The maximum Gasteiger partial charge on any atom is 0.349 e. The van der Waals surface area contributed by atoms with Crippen LogP contribution in [0.5, 0.6) is 5.75 Å². The van der Waals surface area contributed by atoms with Crippen LogP contribution in [0.4, 0.5) is 5.69 Å². The van der Waals surface area contributed by atoms with Gasteiger partial charge in [-0.1, -0.05) is 48.5 Å². The van der Waals surface area contributed by atoms with Crippen molar-refractivity contribution >= 4 is 22.5 Å². The summed E-state index contributed by atoms with van der Waals surface area (Å²) in [4.78, 5) is 29.6. The van der Waals surface area contributed by atoms with Gasteiger partial charge in [0, 0.05) is 16.6 Å². The summed E-state index contributed by atoms with van der Waals surface area (Å²) in [6.07, 6.45) is 0. The highest BCUT2D eigenvalue weighted by Gasteiger charge is 2.14. The Morgan fingerprint density at radius 3 is 2.38 bits per heavy atom. The summed E-state index contributed by atoms with van der Waals surface area (Å²) >= 11 is 0. The maximum absolute atomic E-state index is 12.8. The molecule has 144 valence electrons. The van der Waals surface area contributed by atoms with Gasteiger partial charge in [-0.3, -0.25) is 9.36 Å². The van der Waals surface area contributed by atoms with Crippen molar-refractivity contribution in [3.63, 3.8) is 0 Å². The summed E-state index contributed by atoms with van der Waals surface area (Å²) in [5, 5.41) is 3.61. The summed E-state index contributed by atoms with van der Waals surface area (Å²) in [6, 6.07) is 24.0. The number of fused-ring (bicyclic) bond motifs is 1. The average molecular weight is 385 g/mol. The third-order valence-electron chi connectivity index (χ3n) is 4.61. The second kappa shape index (κ2) is 7.98. The van der Waals surface area contributed by atoms with Crippen LogP contribution in [0, 0.1) is 0 Å². The number of nitrogens with zero attached hydrogens (tertiary/aromatic N) is 2. The van der Waals surface area contributed by atoms with E-state index in [2.05, 4.69) is 10.3 Å². The van der Waals surface area contributed by atoms with Crippen LogP contribution >= 0.6 is 0 Å². The Morgan fingerprint density at radius 2 is 1.66 bits per heavy atom. The maximum atomic E-state index is 12.8. The molecule has 0 saturated carbocycles. The van der Waals surface area contributed by atoms with Gasteiger partial charge < -0.3 is 10.1 Å². The number of carbonyl (C=O) groups excluding carboxylic acids is 1. The second-order valence-corrected chi connectivity index (χ2v) is 6.49.